The zero-order chi connectivity index (χ0) is 21.7. The molecule has 1 aliphatic carbocycles. The summed E-state index contributed by atoms with van der Waals surface area (Å²) in [5, 5.41) is 6.07. The second kappa shape index (κ2) is 7.69. The van der Waals surface area contributed by atoms with Crippen LogP contribution in [0.4, 0.5) is 0 Å². The largest absolute Gasteiger partial charge is 0.351 e. The summed E-state index contributed by atoms with van der Waals surface area (Å²) in [6.07, 6.45) is 6.74. The molecule has 4 heterocycles. The Bertz CT molecular complexity index is 921. The van der Waals surface area contributed by atoms with Crippen LogP contribution < -0.4 is 10.6 Å². The number of amides is 4. The Hall–Kier alpha value is -2.84. The van der Waals surface area contributed by atoms with Gasteiger partial charge >= 0.3 is 0 Å². The van der Waals surface area contributed by atoms with E-state index in [4.69, 9.17) is 0 Å². The van der Waals surface area contributed by atoms with Gasteiger partial charge in [0.25, 0.3) is 5.91 Å². The molecule has 2 N–H and O–H groups in total. The molecule has 9 nitrogen and oxygen atoms in total. The van der Waals surface area contributed by atoms with Crippen LogP contribution in [-0.2, 0) is 21.4 Å². The average molecular weight is 428 g/mol. The fourth-order valence-corrected chi connectivity index (χ4v) is 5.70. The predicted molar refractivity (Wildman–Crippen MR) is 111 cm³/mol. The lowest BCUT2D eigenvalue weighted by atomic mass is 10.1. The predicted octanol–water partition coefficient (Wildman–Crippen LogP) is 0.0139. The molecule has 3 saturated heterocycles. The molecule has 3 aliphatic heterocycles. The molecule has 9 heteroatoms. The third-order valence-electron chi connectivity index (χ3n) is 7.36. The first kappa shape index (κ1) is 20.1. The number of carbonyl (C=O) groups excluding carboxylic acids is 4. The van der Waals surface area contributed by atoms with E-state index in [1.807, 2.05) is 0 Å². The van der Waals surface area contributed by atoms with E-state index in [0.29, 0.717) is 31.6 Å². The summed E-state index contributed by atoms with van der Waals surface area (Å²) in [7, 11) is 1.80. The van der Waals surface area contributed by atoms with Crippen LogP contribution in [0.2, 0.25) is 0 Å². The Kier molecular flexibility index (Phi) is 4.98. The average Bonchev–Trinajstić information content (AvgIpc) is 3.52. The summed E-state index contributed by atoms with van der Waals surface area (Å²) >= 11 is 0. The molecule has 4 amide bonds. The van der Waals surface area contributed by atoms with Gasteiger partial charge in [-0.2, -0.15) is 0 Å². The SMILES string of the molecule is Cn1cccc1C(=O)N1CCC2NC(=O)C3CC(NC(=O)C4CCCC4)CN3C(=O)C21. The highest BCUT2D eigenvalue weighted by Crippen LogP contribution is 2.31. The molecule has 0 bridgehead atoms. The number of hydrogen-bond donors (Lipinski definition) is 2. The molecule has 4 atom stereocenters. The number of carbonyl (C=O) groups is 4. The molecule has 4 unspecified atom stereocenters. The van der Waals surface area contributed by atoms with E-state index in [2.05, 4.69) is 10.6 Å². The van der Waals surface area contributed by atoms with Crippen molar-refractivity contribution in [3.63, 3.8) is 0 Å². The van der Waals surface area contributed by atoms with Gasteiger partial charge in [0.1, 0.15) is 17.8 Å². The highest BCUT2D eigenvalue weighted by molar-refractivity contribution is 6.00. The van der Waals surface area contributed by atoms with E-state index in [1.54, 1.807) is 39.7 Å². The zero-order valence-corrected chi connectivity index (χ0v) is 17.8. The fraction of sp³-hybridized carbons (Fsp3) is 0.636. The standard InChI is InChI=1S/C22H29N5O4/c1-25-9-4-7-16(25)21(30)26-10-8-15-18(26)22(31)27-12-14(11-17(27)20(29)24-15)23-19(28)13-5-2-3-6-13/h4,7,9,13-15,17-18H,2-3,5-6,8,10-12H2,1H3,(H,23,28)(H,24,29). The number of aryl methyl sites for hydroxylation is 1. The Morgan fingerprint density at radius 3 is 2.65 bits per heavy atom. The molecule has 1 aromatic heterocycles. The lowest BCUT2D eigenvalue weighted by Gasteiger charge is -2.29. The van der Waals surface area contributed by atoms with E-state index >= 15 is 0 Å². The second-order valence-electron chi connectivity index (χ2n) is 9.28. The van der Waals surface area contributed by atoms with E-state index < -0.39 is 12.1 Å². The molecule has 4 aliphatic rings. The Morgan fingerprint density at radius 2 is 1.94 bits per heavy atom. The van der Waals surface area contributed by atoms with Gasteiger partial charge in [-0.25, -0.2) is 0 Å². The Morgan fingerprint density at radius 1 is 1.16 bits per heavy atom. The van der Waals surface area contributed by atoms with Crippen molar-refractivity contribution >= 4 is 23.6 Å². The fourth-order valence-electron chi connectivity index (χ4n) is 5.70. The van der Waals surface area contributed by atoms with Gasteiger partial charge in [0, 0.05) is 38.3 Å². The number of hydrogen-bond acceptors (Lipinski definition) is 4. The van der Waals surface area contributed by atoms with Gasteiger partial charge in [0.05, 0.1) is 6.04 Å². The first-order chi connectivity index (χ1) is 14.9. The minimum Gasteiger partial charge on any atom is -0.351 e. The van der Waals surface area contributed by atoms with Crippen molar-refractivity contribution in [2.75, 3.05) is 13.1 Å². The van der Waals surface area contributed by atoms with Crippen LogP contribution in [0.25, 0.3) is 0 Å². The van der Waals surface area contributed by atoms with Crippen LogP contribution >= 0.6 is 0 Å². The lowest BCUT2D eigenvalue weighted by Crippen LogP contribution is -2.53. The zero-order valence-electron chi connectivity index (χ0n) is 17.8. The maximum Gasteiger partial charge on any atom is 0.271 e. The molecule has 0 radical (unpaired) electrons. The highest BCUT2D eigenvalue weighted by atomic mass is 16.2. The molecular formula is C22H29N5O4. The van der Waals surface area contributed by atoms with Gasteiger partial charge in [-0.3, -0.25) is 19.2 Å². The van der Waals surface area contributed by atoms with E-state index in [0.717, 1.165) is 25.7 Å². The Labute approximate surface area is 181 Å². The number of nitrogens with zero attached hydrogens (tertiary/aromatic N) is 3. The highest BCUT2D eigenvalue weighted by Gasteiger charge is 2.52. The summed E-state index contributed by atoms with van der Waals surface area (Å²) in [5.41, 5.74) is 0.517. The molecular weight excluding hydrogens is 398 g/mol. The quantitative estimate of drug-likeness (QED) is 0.709. The van der Waals surface area contributed by atoms with Crippen molar-refractivity contribution in [3.8, 4) is 0 Å². The number of nitrogens with one attached hydrogen (secondary N) is 2. The smallest absolute Gasteiger partial charge is 0.271 e. The molecule has 31 heavy (non-hydrogen) atoms. The van der Waals surface area contributed by atoms with E-state index in [1.165, 1.54) is 0 Å². The lowest BCUT2D eigenvalue weighted by molar-refractivity contribution is -0.138. The van der Waals surface area contributed by atoms with Crippen molar-refractivity contribution < 1.29 is 19.2 Å². The molecule has 5 rings (SSSR count). The molecule has 166 valence electrons. The number of fused-ring (bicyclic) bond motifs is 2. The number of aromatic nitrogens is 1. The van der Waals surface area contributed by atoms with Gasteiger partial charge in [0.2, 0.25) is 17.7 Å². The monoisotopic (exact) mass is 427 g/mol. The third-order valence-corrected chi connectivity index (χ3v) is 7.36. The molecule has 0 spiro atoms. The van der Waals surface area contributed by atoms with E-state index in [-0.39, 0.29) is 41.6 Å². The second-order valence-corrected chi connectivity index (χ2v) is 9.28. The minimum atomic E-state index is -0.708. The number of likely N-dealkylation sites (tertiary alicyclic amines) is 1. The van der Waals surface area contributed by atoms with Gasteiger partial charge in [-0.05, 0) is 37.8 Å². The third kappa shape index (κ3) is 3.40. The Balaban J connectivity index is 1.33. The normalized spacial score (nSPS) is 30.7. The van der Waals surface area contributed by atoms with Crippen molar-refractivity contribution in [2.24, 2.45) is 13.0 Å². The first-order valence-electron chi connectivity index (χ1n) is 11.3. The van der Waals surface area contributed by atoms with Crippen LogP contribution in [0.15, 0.2) is 18.3 Å². The van der Waals surface area contributed by atoms with Gasteiger partial charge in [0.15, 0.2) is 0 Å². The maximum absolute atomic E-state index is 13.5. The van der Waals surface area contributed by atoms with Crippen LogP contribution in [0, 0.1) is 5.92 Å². The van der Waals surface area contributed by atoms with E-state index in [9.17, 15) is 19.2 Å². The van der Waals surface area contributed by atoms with Crippen molar-refractivity contribution in [2.45, 2.75) is 62.7 Å². The van der Waals surface area contributed by atoms with Crippen molar-refractivity contribution in [1.82, 2.24) is 25.0 Å². The van der Waals surface area contributed by atoms with Gasteiger partial charge < -0.3 is 25.0 Å². The van der Waals surface area contributed by atoms with Crippen LogP contribution in [0.1, 0.15) is 49.0 Å². The molecule has 4 fully saturated rings. The van der Waals surface area contributed by atoms with Crippen LogP contribution in [0.3, 0.4) is 0 Å². The van der Waals surface area contributed by atoms with Gasteiger partial charge in [-0.15, -0.1) is 0 Å². The molecule has 0 aromatic carbocycles. The van der Waals surface area contributed by atoms with Gasteiger partial charge in [-0.1, -0.05) is 12.8 Å². The molecule has 1 aromatic rings. The van der Waals surface area contributed by atoms with Crippen LogP contribution in [-0.4, -0.2) is 75.3 Å². The molecule has 1 saturated carbocycles. The summed E-state index contributed by atoms with van der Waals surface area (Å²) < 4.78 is 1.74. The van der Waals surface area contributed by atoms with Crippen LogP contribution in [0.5, 0.6) is 0 Å². The van der Waals surface area contributed by atoms with Crippen molar-refractivity contribution in [1.29, 1.82) is 0 Å². The summed E-state index contributed by atoms with van der Waals surface area (Å²) in [4.78, 5) is 55.3. The summed E-state index contributed by atoms with van der Waals surface area (Å²) in [6.45, 7) is 0.733. The van der Waals surface area contributed by atoms with Crippen molar-refractivity contribution in [3.05, 3.63) is 24.0 Å². The summed E-state index contributed by atoms with van der Waals surface area (Å²) in [5.74, 6) is -0.515. The first-order valence-corrected chi connectivity index (χ1v) is 11.3. The number of rotatable bonds is 3. The minimum absolute atomic E-state index is 0.0345. The maximum atomic E-state index is 13.5. The topological polar surface area (TPSA) is 104 Å². The summed E-state index contributed by atoms with van der Waals surface area (Å²) in [6, 6.07) is 1.62.